The number of hydrogen-bond acceptors (Lipinski definition) is 5. The molecule has 144 valence electrons. The van der Waals surface area contributed by atoms with Crippen molar-refractivity contribution in [1.29, 1.82) is 0 Å². The van der Waals surface area contributed by atoms with Gasteiger partial charge in [-0.2, -0.15) is 4.99 Å². The topological polar surface area (TPSA) is 104 Å². The van der Waals surface area contributed by atoms with Crippen molar-refractivity contribution in [3.05, 3.63) is 52.8 Å². The van der Waals surface area contributed by atoms with E-state index in [0.717, 1.165) is 5.56 Å². The maximum absolute atomic E-state index is 12.4. The SMILES string of the molecule is C#CCn1c(=NC(=O)Cc2ccc(OC)cc2)sc2cc(S(N)(=O)=O)ccc21. The molecule has 2 aromatic carbocycles. The first-order valence-electron chi connectivity index (χ1n) is 8.12. The van der Waals surface area contributed by atoms with E-state index in [0.29, 0.717) is 20.8 Å². The zero-order valence-corrected chi connectivity index (χ0v) is 16.6. The highest BCUT2D eigenvalue weighted by Crippen LogP contribution is 2.21. The van der Waals surface area contributed by atoms with Crippen LogP contribution in [0.5, 0.6) is 5.75 Å². The average molecular weight is 415 g/mol. The minimum absolute atomic E-state index is 0.00906. The predicted octanol–water partition coefficient (Wildman–Crippen LogP) is 1.66. The van der Waals surface area contributed by atoms with E-state index in [-0.39, 0.29) is 23.8 Å². The summed E-state index contributed by atoms with van der Waals surface area (Å²) >= 11 is 1.18. The summed E-state index contributed by atoms with van der Waals surface area (Å²) in [5, 5.41) is 5.19. The number of amides is 1. The summed E-state index contributed by atoms with van der Waals surface area (Å²) in [5.41, 5.74) is 1.49. The summed E-state index contributed by atoms with van der Waals surface area (Å²) in [6.07, 6.45) is 5.56. The highest BCUT2D eigenvalue weighted by Gasteiger charge is 2.13. The molecular weight excluding hydrogens is 398 g/mol. The van der Waals surface area contributed by atoms with Gasteiger partial charge in [0, 0.05) is 0 Å². The number of nitrogens with zero attached hydrogens (tertiary/aromatic N) is 2. The van der Waals surface area contributed by atoms with E-state index < -0.39 is 10.0 Å². The maximum Gasteiger partial charge on any atom is 0.252 e. The fourth-order valence-electron chi connectivity index (χ4n) is 2.62. The van der Waals surface area contributed by atoms with Crippen molar-refractivity contribution < 1.29 is 17.9 Å². The van der Waals surface area contributed by atoms with Gasteiger partial charge in [0.1, 0.15) is 5.75 Å². The van der Waals surface area contributed by atoms with Crippen LogP contribution >= 0.6 is 11.3 Å². The molecule has 3 rings (SSSR count). The van der Waals surface area contributed by atoms with Crippen molar-refractivity contribution in [2.75, 3.05) is 7.11 Å². The summed E-state index contributed by atoms with van der Waals surface area (Å²) in [7, 11) is -2.26. The third kappa shape index (κ3) is 4.31. The fraction of sp³-hybridized carbons (Fsp3) is 0.158. The molecule has 9 heteroatoms. The lowest BCUT2D eigenvalue weighted by Gasteiger charge is -2.02. The Hall–Kier alpha value is -2.93. The van der Waals surface area contributed by atoms with Crippen molar-refractivity contribution in [1.82, 2.24) is 4.57 Å². The standard InChI is InChI=1S/C19H17N3O4S2/c1-3-10-22-16-9-8-15(28(20,24)25)12-17(16)27-19(22)21-18(23)11-13-4-6-14(26-2)7-5-13/h1,4-9,12H,10-11H2,2H3,(H2,20,24,25). The number of thiazole rings is 1. The van der Waals surface area contributed by atoms with Crippen LogP contribution < -0.4 is 14.7 Å². The molecule has 0 bridgehead atoms. The largest absolute Gasteiger partial charge is 0.497 e. The Bertz CT molecular complexity index is 1250. The van der Waals surface area contributed by atoms with Gasteiger partial charge in [0.2, 0.25) is 10.0 Å². The van der Waals surface area contributed by atoms with Crippen LogP contribution in [0.2, 0.25) is 0 Å². The molecule has 0 spiro atoms. The van der Waals surface area contributed by atoms with Gasteiger partial charge < -0.3 is 9.30 Å². The summed E-state index contributed by atoms with van der Waals surface area (Å²) in [6.45, 7) is 0.198. The molecule has 0 aliphatic carbocycles. The fourth-order valence-corrected chi connectivity index (χ4v) is 4.32. The first kappa shape index (κ1) is 19.8. The van der Waals surface area contributed by atoms with Crippen LogP contribution in [0.3, 0.4) is 0 Å². The van der Waals surface area contributed by atoms with Crippen molar-refractivity contribution in [2.24, 2.45) is 10.1 Å². The number of sulfonamides is 1. The van der Waals surface area contributed by atoms with Crippen LogP contribution in [-0.2, 0) is 27.8 Å². The zero-order chi connectivity index (χ0) is 20.3. The van der Waals surface area contributed by atoms with E-state index in [9.17, 15) is 13.2 Å². The average Bonchev–Trinajstić information content (AvgIpc) is 2.98. The van der Waals surface area contributed by atoms with E-state index in [1.54, 1.807) is 42.0 Å². The van der Waals surface area contributed by atoms with Gasteiger partial charge in [-0.05, 0) is 35.9 Å². The molecular formula is C19H17N3O4S2. The molecule has 0 aliphatic rings. The Kier molecular flexibility index (Phi) is 5.65. The van der Waals surface area contributed by atoms with Gasteiger partial charge >= 0.3 is 0 Å². The van der Waals surface area contributed by atoms with E-state index in [1.807, 2.05) is 0 Å². The Morgan fingerprint density at radius 2 is 2.00 bits per heavy atom. The number of nitrogens with two attached hydrogens (primary N) is 1. The number of carbonyl (C=O) groups is 1. The minimum atomic E-state index is -3.83. The normalized spacial score (nSPS) is 12.1. The van der Waals surface area contributed by atoms with Crippen LogP contribution in [0.1, 0.15) is 5.56 Å². The third-order valence-electron chi connectivity index (χ3n) is 3.97. The monoisotopic (exact) mass is 415 g/mol. The second kappa shape index (κ2) is 7.98. The molecule has 1 heterocycles. The van der Waals surface area contributed by atoms with Gasteiger partial charge in [0.25, 0.3) is 5.91 Å². The Balaban J connectivity index is 2.00. The lowest BCUT2D eigenvalue weighted by molar-refractivity contribution is -0.117. The van der Waals surface area contributed by atoms with Gasteiger partial charge in [0.15, 0.2) is 4.80 Å². The maximum atomic E-state index is 12.4. The summed E-state index contributed by atoms with van der Waals surface area (Å²) in [5.74, 6) is 2.89. The Labute approximate surface area is 166 Å². The number of terminal acetylenes is 1. The predicted molar refractivity (Wildman–Crippen MR) is 107 cm³/mol. The Morgan fingerprint density at radius 1 is 1.29 bits per heavy atom. The first-order valence-corrected chi connectivity index (χ1v) is 10.5. The highest BCUT2D eigenvalue weighted by atomic mass is 32.2. The number of rotatable bonds is 5. The molecule has 0 fully saturated rings. The van der Waals surface area contributed by atoms with Crippen LogP contribution in [0.4, 0.5) is 0 Å². The molecule has 28 heavy (non-hydrogen) atoms. The van der Waals surface area contributed by atoms with Crippen molar-refractivity contribution in [2.45, 2.75) is 17.9 Å². The summed E-state index contributed by atoms with van der Waals surface area (Å²) in [6, 6.07) is 11.6. The van der Waals surface area contributed by atoms with Gasteiger partial charge in [-0.1, -0.05) is 29.4 Å². The number of carbonyl (C=O) groups excluding carboxylic acids is 1. The van der Waals surface area contributed by atoms with Crippen LogP contribution in [0, 0.1) is 12.3 Å². The molecule has 0 aliphatic heterocycles. The molecule has 0 unspecified atom stereocenters. The second-order valence-corrected chi connectivity index (χ2v) is 8.45. The lowest BCUT2D eigenvalue weighted by Crippen LogP contribution is -2.17. The van der Waals surface area contributed by atoms with Crippen LogP contribution in [-0.4, -0.2) is 26.0 Å². The highest BCUT2D eigenvalue weighted by molar-refractivity contribution is 7.89. The van der Waals surface area contributed by atoms with E-state index in [2.05, 4.69) is 10.9 Å². The Morgan fingerprint density at radius 3 is 2.61 bits per heavy atom. The molecule has 3 aromatic rings. The number of fused-ring (bicyclic) bond motifs is 1. The number of ether oxygens (including phenoxy) is 1. The van der Waals surface area contributed by atoms with Gasteiger partial charge in [0.05, 0.1) is 35.2 Å². The second-order valence-electron chi connectivity index (χ2n) is 5.88. The number of benzene rings is 2. The van der Waals surface area contributed by atoms with Crippen LogP contribution in [0.25, 0.3) is 10.2 Å². The lowest BCUT2D eigenvalue weighted by atomic mass is 10.1. The van der Waals surface area contributed by atoms with E-state index in [4.69, 9.17) is 16.3 Å². The number of hydrogen-bond donors (Lipinski definition) is 1. The smallest absolute Gasteiger partial charge is 0.252 e. The molecule has 0 saturated heterocycles. The molecule has 1 aromatic heterocycles. The summed E-state index contributed by atoms with van der Waals surface area (Å²) < 4.78 is 30.6. The zero-order valence-electron chi connectivity index (χ0n) is 15.0. The number of methoxy groups -OCH3 is 1. The molecule has 7 nitrogen and oxygen atoms in total. The molecule has 0 atom stereocenters. The molecule has 0 radical (unpaired) electrons. The quantitative estimate of drug-likeness (QED) is 0.640. The van der Waals surface area contributed by atoms with Crippen molar-refractivity contribution >= 4 is 37.5 Å². The van der Waals surface area contributed by atoms with Gasteiger partial charge in [-0.15, -0.1) is 6.42 Å². The third-order valence-corrected chi connectivity index (χ3v) is 5.92. The van der Waals surface area contributed by atoms with Crippen molar-refractivity contribution in [3.63, 3.8) is 0 Å². The minimum Gasteiger partial charge on any atom is -0.497 e. The molecule has 2 N–H and O–H groups in total. The van der Waals surface area contributed by atoms with Crippen molar-refractivity contribution in [3.8, 4) is 18.1 Å². The number of aromatic nitrogens is 1. The molecule has 0 saturated carbocycles. The van der Waals surface area contributed by atoms with Gasteiger partial charge in [-0.3, -0.25) is 4.79 Å². The first-order chi connectivity index (χ1) is 13.3. The van der Waals surface area contributed by atoms with Gasteiger partial charge in [-0.25, -0.2) is 13.6 Å². The summed E-state index contributed by atoms with van der Waals surface area (Å²) in [4.78, 5) is 17.0. The van der Waals surface area contributed by atoms with E-state index in [1.165, 1.54) is 23.5 Å². The van der Waals surface area contributed by atoms with E-state index >= 15 is 0 Å². The van der Waals surface area contributed by atoms with Crippen LogP contribution in [0.15, 0.2) is 52.4 Å². The molecule has 1 amide bonds. The number of primary sulfonamides is 1.